The van der Waals surface area contributed by atoms with Crippen molar-refractivity contribution in [2.75, 3.05) is 31.1 Å². The fourth-order valence-electron chi connectivity index (χ4n) is 1.32. The lowest BCUT2D eigenvalue weighted by Crippen LogP contribution is -2.43. The third kappa shape index (κ3) is 1.63. The van der Waals surface area contributed by atoms with Crippen LogP contribution in [0.2, 0.25) is 0 Å². The van der Waals surface area contributed by atoms with Crippen molar-refractivity contribution in [1.82, 2.24) is 10.3 Å². The van der Waals surface area contributed by atoms with Gasteiger partial charge in [0.1, 0.15) is 12.3 Å². The molecule has 13 heavy (non-hydrogen) atoms. The molecule has 1 aliphatic rings. The Hall–Kier alpha value is -1.54. The smallest absolute Gasteiger partial charge is 0.298 e. The number of anilines is 1. The first kappa shape index (κ1) is 8.08. The molecule has 1 fully saturated rings. The summed E-state index contributed by atoms with van der Waals surface area (Å²) in [5.41, 5.74) is 0.341. The average molecular weight is 178 g/mol. The normalized spacial score (nSPS) is 17.0. The van der Waals surface area contributed by atoms with Crippen molar-refractivity contribution in [3.8, 4) is 6.07 Å². The predicted molar refractivity (Wildman–Crippen MR) is 46.3 cm³/mol. The lowest BCUT2D eigenvalue weighted by molar-refractivity contribution is 0.499. The number of hydrogen-bond donors (Lipinski definition) is 1. The highest BCUT2D eigenvalue weighted by Gasteiger charge is 2.15. The predicted octanol–water partition coefficient (Wildman–Crippen LogP) is -0.0441. The van der Waals surface area contributed by atoms with Crippen molar-refractivity contribution < 1.29 is 4.42 Å². The SMILES string of the molecule is N#Cc1coc(N2CCNCC2)n1. The summed E-state index contributed by atoms with van der Waals surface area (Å²) >= 11 is 0. The first-order valence-corrected chi connectivity index (χ1v) is 4.21. The molecule has 0 spiro atoms. The van der Waals surface area contributed by atoms with Crippen LogP contribution in [0.1, 0.15) is 5.69 Å². The lowest BCUT2D eigenvalue weighted by Gasteiger charge is -2.25. The van der Waals surface area contributed by atoms with Crippen LogP contribution in [0.15, 0.2) is 10.7 Å². The number of aromatic nitrogens is 1. The zero-order chi connectivity index (χ0) is 9.10. The van der Waals surface area contributed by atoms with Crippen LogP contribution in [0, 0.1) is 11.3 Å². The highest BCUT2D eigenvalue weighted by Crippen LogP contribution is 2.12. The summed E-state index contributed by atoms with van der Waals surface area (Å²) in [6.45, 7) is 3.63. The fourth-order valence-corrected chi connectivity index (χ4v) is 1.32. The molecule has 1 aromatic rings. The minimum absolute atomic E-state index is 0.341. The molecule has 5 heteroatoms. The number of nitrogens with zero attached hydrogens (tertiary/aromatic N) is 3. The van der Waals surface area contributed by atoms with E-state index in [1.165, 1.54) is 6.26 Å². The van der Waals surface area contributed by atoms with E-state index in [9.17, 15) is 0 Å². The Balaban J connectivity index is 2.11. The second-order valence-electron chi connectivity index (χ2n) is 2.86. The second kappa shape index (κ2) is 3.46. The van der Waals surface area contributed by atoms with Gasteiger partial charge < -0.3 is 14.6 Å². The first-order chi connectivity index (χ1) is 6.40. The van der Waals surface area contributed by atoms with E-state index in [2.05, 4.69) is 10.3 Å². The van der Waals surface area contributed by atoms with Gasteiger partial charge in [0.25, 0.3) is 6.01 Å². The second-order valence-corrected chi connectivity index (χ2v) is 2.86. The Morgan fingerprint density at radius 2 is 2.31 bits per heavy atom. The maximum atomic E-state index is 8.55. The van der Waals surface area contributed by atoms with Gasteiger partial charge in [0.2, 0.25) is 0 Å². The zero-order valence-electron chi connectivity index (χ0n) is 7.16. The number of hydrogen-bond acceptors (Lipinski definition) is 5. The van der Waals surface area contributed by atoms with Crippen molar-refractivity contribution in [3.63, 3.8) is 0 Å². The molecule has 1 aromatic heterocycles. The van der Waals surface area contributed by atoms with Crippen LogP contribution < -0.4 is 10.2 Å². The summed E-state index contributed by atoms with van der Waals surface area (Å²) in [5, 5.41) is 11.8. The minimum Gasteiger partial charge on any atom is -0.431 e. The van der Waals surface area contributed by atoms with Crippen molar-refractivity contribution >= 4 is 6.01 Å². The van der Waals surface area contributed by atoms with Crippen LogP contribution in [0.25, 0.3) is 0 Å². The Morgan fingerprint density at radius 3 is 2.92 bits per heavy atom. The van der Waals surface area contributed by atoms with Crippen LogP contribution in [-0.2, 0) is 0 Å². The number of oxazole rings is 1. The molecular formula is C8H10N4O. The Kier molecular flexibility index (Phi) is 2.15. The number of piperazine rings is 1. The van der Waals surface area contributed by atoms with E-state index in [-0.39, 0.29) is 0 Å². The van der Waals surface area contributed by atoms with E-state index in [0.29, 0.717) is 11.7 Å². The van der Waals surface area contributed by atoms with Gasteiger partial charge in [-0.15, -0.1) is 0 Å². The average Bonchev–Trinajstić information content (AvgIpc) is 2.67. The molecule has 0 aromatic carbocycles. The van der Waals surface area contributed by atoms with Gasteiger partial charge in [0, 0.05) is 26.2 Å². The van der Waals surface area contributed by atoms with E-state index in [4.69, 9.17) is 9.68 Å². The van der Waals surface area contributed by atoms with Gasteiger partial charge in [-0.2, -0.15) is 10.2 Å². The Morgan fingerprint density at radius 1 is 1.54 bits per heavy atom. The molecule has 0 unspecified atom stereocenters. The maximum Gasteiger partial charge on any atom is 0.298 e. The highest BCUT2D eigenvalue weighted by molar-refractivity contribution is 5.31. The van der Waals surface area contributed by atoms with Crippen molar-refractivity contribution in [2.24, 2.45) is 0 Å². The van der Waals surface area contributed by atoms with Crippen LogP contribution in [-0.4, -0.2) is 31.2 Å². The van der Waals surface area contributed by atoms with Gasteiger partial charge >= 0.3 is 0 Å². The van der Waals surface area contributed by atoms with Gasteiger partial charge in [-0.25, -0.2) is 0 Å². The molecule has 68 valence electrons. The molecule has 0 amide bonds. The Labute approximate surface area is 76.0 Å². The topological polar surface area (TPSA) is 65.1 Å². The largest absolute Gasteiger partial charge is 0.431 e. The van der Waals surface area contributed by atoms with Gasteiger partial charge in [0.05, 0.1) is 0 Å². The van der Waals surface area contributed by atoms with Crippen molar-refractivity contribution in [2.45, 2.75) is 0 Å². The van der Waals surface area contributed by atoms with Gasteiger partial charge in [-0.1, -0.05) is 0 Å². The molecule has 1 N–H and O–H groups in total. The van der Waals surface area contributed by atoms with Crippen LogP contribution in [0.5, 0.6) is 0 Å². The highest BCUT2D eigenvalue weighted by atomic mass is 16.4. The van der Waals surface area contributed by atoms with Crippen molar-refractivity contribution in [1.29, 1.82) is 5.26 Å². The quantitative estimate of drug-likeness (QED) is 0.653. The lowest BCUT2D eigenvalue weighted by atomic mass is 10.4. The molecule has 5 nitrogen and oxygen atoms in total. The summed E-state index contributed by atoms with van der Waals surface area (Å²) in [7, 11) is 0. The van der Waals surface area contributed by atoms with E-state index in [1.807, 2.05) is 11.0 Å². The molecule has 0 saturated carbocycles. The number of nitriles is 1. The summed E-state index contributed by atoms with van der Waals surface area (Å²) < 4.78 is 5.16. The van der Waals surface area contributed by atoms with Gasteiger partial charge in [-0.05, 0) is 0 Å². The van der Waals surface area contributed by atoms with Gasteiger partial charge in [-0.3, -0.25) is 0 Å². The van der Waals surface area contributed by atoms with Crippen LogP contribution in [0.4, 0.5) is 6.01 Å². The molecule has 0 bridgehead atoms. The summed E-state index contributed by atoms with van der Waals surface area (Å²) in [6, 6.07) is 2.49. The zero-order valence-corrected chi connectivity index (χ0v) is 7.16. The van der Waals surface area contributed by atoms with E-state index < -0.39 is 0 Å². The Bertz CT molecular complexity index is 321. The maximum absolute atomic E-state index is 8.55. The monoisotopic (exact) mass is 178 g/mol. The van der Waals surface area contributed by atoms with Crippen molar-refractivity contribution in [3.05, 3.63) is 12.0 Å². The molecule has 1 saturated heterocycles. The van der Waals surface area contributed by atoms with E-state index >= 15 is 0 Å². The third-order valence-corrected chi connectivity index (χ3v) is 1.99. The molecule has 2 rings (SSSR count). The minimum atomic E-state index is 0.341. The summed E-state index contributed by atoms with van der Waals surface area (Å²) in [6.07, 6.45) is 1.39. The third-order valence-electron chi connectivity index (χ3n) is 1.99. The molecule has 0 aliphatic carbocycles. The van der Waals surface area contributed by atoms with E-state index in [1.54, 1.807) is 0 Å². The molecule has 0 atom stereocenters. The molecule has 2 heterocycles. The molecule has 1 aliphatic heterocycles. The van der Waals surface area contributed by atoms with Crippen LogP contribution >= 0.6 is 0 Å². The van der Waals surface area contributed by atoms with Crippen LogP contribution in [0.3, 0.4) is 0 Å². The fraction of sp³-hybridized carbons (Fsp3) is 0.500. The first-order valence-electron chi connectivity index (χ1n) is 4.21. The summed E-state index contributed by atoms with van der Waals surface area (Å²) in [4.78, 5) is 6.05. The standard InChI is InChI=1S/C8H10N4O/c9-5-7-6-13-8(11-7)12-3-1-10-2-4-12/h6,10H,1-4H2. The molecule has 0 radical (unpaired) electrons. The van der Waals surface area contributed by atoms with E-state index in [0.717, 1.165) is 26.2 Å². The number of rotatable bonds is 1. The summed E-state index contributed by atoms with van der Waals surface area (Å²) in [5.74, 6) is 0. The van der Waals surface area contributed by atoms with Gasteiger partial charge in [0.15, 0.2) is 5.69 Å². The number of nitrogens with one attached hydrogen (secondary N) is 1. The molecular weight excluding hydrogens is 168 g/mol.